The Morgan fingerprint density at radius 3 is 2.76 bits per heavy atom. The Morgan fingerprint density at radius 2 is 1.95 bits per heavy atom. The third-order valence-electron chi connectivity index (χ3n) is 3.56. The second-order valence-electron chi connectivity index (χ2n) is 5.04. The summed E-state index contributed by atoms with van der Waals surface area (Å²) in [5.41, 5.74) is 2.94. The van der Waals surface area contributed by atoms with Crippen molar-refractivity contribution in [2.24, 2.45) is 0 Å². The maximum Gasteiger partial charge on any atom is 0.206 e. The van der Waals surface area contributed by atoms with Crippen molar-refractivity contribution in [1.82, 2.24) is 19.7 Å². The van der Waals surface area contributed by atoms with E-state index in [9.17, 15) is 0 Å². The molecule has 0 saturated heterocycles. The topological polar surface area (TPSA) is 66.0 Å². The summed E-state index contributed by atoms with van der Waals surface area (Å²) in [4.78, 5) is 4.32. The first-order chi connectivity index (χ1) is 10.2. The van der Waals surface area contributed by atoms with Gasteiger partial charge in [-0.25, -0.2) is 4.98 Å². The minimum Gasteiger partial charge on any atom is -0.437 e. The molecule has 0 bridgehead atoms. The molecule has 3 heterocycles. The number of hydrogen-bond acceptors (Lipinski definition) is 5. The molecule has 0 N–H and O–H groups in total. The molecule has 0 aliphatic carbocycles. The van der Waals surface area contributed by atoms with Crippen molar-refractivity contribution in [3.8, 4) is 17.3 Å². The Hall–Kier alpha value is -2.47. The summed E-state index contributed by atoms with van der Waals surface area (Å²) >= 11 is 0. The lowest BCUT2D eigenvalue weighted by Crippen LogP contribution is -2.03. The molecule has 1 aromatic carbocycles. The first-order valence-electron chi connectivity index (χ1n) is 6.79. The summed E-state index contributed by atoms with van der Waals surface area (Å²) in [6, 6.07) is 8.09. The van der Waals surface area contributed by atoms with Gasteiger partial charge in [0.2, 0.25) is 5.82 Å². The second-order valence-corrected chi connectivity index (χ2v) is 5.04. The van der Waals surface area contributed by atoms with Crippen LogP contribution < -0.4 is 0 Å². The van der Waals surface area contributed by atoms with E-state index in [1.807, 2.05) is 42.7 Å². The fraction of sp³-hybridized carbons (Fsp3) is 0.267. The minimum atomic E-state index is 0.424. The molecule has 0 radical (unpaired) electrons. The summed E-state index contributed by atoms with van der Waals surface area (Å²) in [5, 5.41) is 8.52. The highest BCUT2D eigenvalue weighted by Gasteiger charge is 2.24. The fourth-order valence-corrected chi connectivity index (χ4v) is 2.65. The molecule has 1 aliphatic heterocycles. The highest BCUT2D eigenvalue weighted by molar-refractivity contribution is 5.57. The molecule has 0 atom stereocenters. The summed E-state index contributed by atoms with van der Waals surface area (Å²) < 4.78 is 13.4. The quantitative estimate of drug-likeness (QED) is 0.686. The van der Waals surface area contributed by atoms with Crippen LogP contribution in [0.1, 0.15) is 23.0 Å². The first kappa shape index (κ1) is 12.3. The van der Waals surface area contributed by atoms with Crippen LogP contribution in [0.5, 0.6) is 0 Å². The van der Waals surface area contributed by atoms with Crippen LogP contribution in [0.4, 0.5) is 0 Å². The smallest absolute Gasteiger partial charge is 0.206 e. The number of aromatic nitrogens is 4. The van der Waals surface area contributed by atoms with Crippen molar-refractivity contribution in [2.75, 3.05) is 0 Å². The fourth-order valence-electron chi connectivity index (χ4n) is 2.65. The van der Waals surface area contributed by atoms with Crippen LogP contribution in [-0.2, 0) is 18.0 Å². The number of hydrogen-bond donors (Lipinski definition) is 0. The Bertz CT molecular complexity index is 819. The molecule has 21 heavy (non-hydrogen) atoms. The van der Waals surface area contributed by atoms with Crippen LogP contribution in [-0.4, -0.2) is 19.7 Å². The van der Waals surface area contributed by atoms with Gasteiger partial charge >= 0.3 is 0 Å². The zero-order chi connectivity index (χ0) is 14.4. The first-order valence-corrected chi connectivity index (χ1v) is 6.79. The van der Waals surface area contributed by atoms with E-state index in [2.05, 4.69) is 15.2 Å². The molecule has 0 amide bonds. The summed E-state index contributed by atoms with van der Waals surface area (Å²) in [6.45, 7) is 4.72. The normalized spacial score (nSPS) is 13.6. The largest absolute Gasteiger partial charge is 0.437 e. The number of nitrogens with zero attached hydrogens (tertiary/aromatic N) is 4. The summed E-state index contributed by atoms with van der Waals surface area (Å²) in [7, 11) is 0. The third kappa shape index (κ3) is 1.87. The molecular weight excluding hydrogens is 268 g/mol. The second kappa shape index (κ2) is 4.53. The molecule has 6 nitrogen and oxygen atoms in total. The highest BCUT2D eigenvalue weighted by Crippen LogP contribution is 2.30. The standard InChI is InChI=1S/C15H14N4O2/c1-9-14(21-10(2)16-9)15-18-17-13-8-20-7-11-5-3-4-6-12(11)19(13)15/h3-6H,7-8H2,1-2H3. The third-order valence-corrected chi connectivity index (χ3v) is 3.56. The predicted octanol–water partition coefficient (Wildman–Crippen LogP) is 2.57. The van der Waals surface area contributed by atoms with Gasteiger partial charge < -0.3 is 9.15 Å². The van der Waals surface area contributed by atoms with Crippen LogP contribution in [0.2, 0.25) is 0 Å². The number of oxazole rings is 1. The molecule has 0 unspecified atom stereocenters. The Kier molecular flexibility index (Phi) is 2.65. The molecule has 4 rings (SSSR count). The molecule has 3 aromatic rings. The number of benzene rings is 1. The lowest BCUT2D eigenvalue weighted by Gasteiger charge is -2.09. The van der Waals surface area contributed by atoms with E-state index < -0.39 is 0 Å². The van der Waals surface area contributed by atoms with Crippen LogP contribution in [0.25, 0.3) is 17.3 Å². The average molecular weight is 282 g/mol. The number of rotatable bonds is 1. The summed E-state index contributed by atoms with van der Waals surface area (Å²) in [6.07, 6.45) is 0. The van der Waals surface area contributed by atoms with Gasteiger partial charge in [-0.2, -0.15) is 0 Å². The molecule has 106 valence electrons. The number of fused-ring (bicyclic) bond motifs is 3. The van der Waals surface area contributed by atoms with Crippen LogP contribution in [0.3, 0.4) is 0 Å². The van der Waals surface area contributed by atoms with Gasteiger partial charge in [0.15, 0.2) is 17.5 Å². The van der Waals surface area contributed by atoms with Crippen LogP contribution >= 0.6 is 0 Å². The van der Waals surface area contributed by atoms with Gasteiger partial charge in [-0.15, -0.1) is 10.2 Å². The number of para-hydroxylation sites is 1. The Morgan fingerprint density at radius 1 is 1.10 bits per heavy atom. The van der Waals surface area contributed by atoms with Crippen LogP contribution in [0.15, 0.2) is 28.7 Å². The molecule has 0 fully saturated rings. The zero-order valence-corrected chi connectivity index (χ0v) is 11.8. The lowest BCUT2D eigenvalue weighted by molar-refractivity contribution is 0.105. The van der Waals surface area contributed by atoms with Gasteiger partial charge in [-0.1, -0.05) is 18.2 Å². The molecule has 0 saturated carbocycles. The minimum absolute atomic E-state index is 0.424. The molecule has 2 aromatic heterocycles. The van der Waals surface area contributed by atoms with Crippen molar-refractivity contribution < 1.29 is 9.15 Å². The van der Waals surface area contributed by atoms with Crippen molar-refractivity contribution >= 4 is 0 Å². The maximum absolute atomic E-state index is 5.71. The zero-order valence-electron chi connectivity index (χ0n) is 11.8. The average Bonchev–Trinajstić information content (AvgIpc) is 2.97. The Balaban J connectivity index is 1.99. The van der Waals surface area contributed by atoms with Crippen LogP contribution in [0, 0.1) is 13.8 Å². The van der Waals surface area contributed by atoms with E-state index in [-0.39, 0.29) is 0 Å². The SMILES string of the molecule is Cc1nc(C)c(-c2nnc3n2-c2ccccc2COC3)o1. The van der Waals surface area contributed by atoms with E-state index in [0.717, 1.165) is 22.8 Å². The molecular formula is C15H14N4O2. The van der Waals surface area contributed by atoms with Gasteiger partial charge in [-0.05, 0) is 13.0 Å². The van der Waals surface area contributed by atoms with Crippen molar-refractivity contribution in [3.05, 3.63) is 47.2 Å². The predicted molar refractivity (Wildman–Crippen MR) is 74.8 cm³/mol. The van der Waals surface area contributed by atoms with E-state index >= 15 is 0 Å². The Labute approximate surface area is 121 Å². The van der Waals surface area contributed by atoms with E-state index in [0.29, 0.717) is 30.7 Å². The number of ether oxygens (including phenoxy) is 1. The molecule has 1 aliphatic rings. The van der Waals surface area contributed by atoms with Gasteiger partial charge in [0, 0.05) is 12.5 Å². The van der Waals surface area contributed by atoms with E-state index in [1.165, 1.54) is 0 Å². The van der Waals surface area contributed by atoms with Crippen molar-refractivity contribution in [3.63, 3.8) is 0 Å². The van der Waals surface area contributed by atoms with Gasteiger partial charge in [0.1, 0.15) is 6.61 Å². The summed E-state index contributed by atoms with van der Waals surface area (Å²) in [5.74, 6) is 2.71. The van der Waals surface area contributed by atoms with Gasteiger partial charge in [0.25, 0.3) is 0 Å². The number of aryl methyl sites for hydroxylation is 2. The highest BCUT2D eigenvalue weighted by atomic mass is 16.5. The van der Waals surface area contributed by atoms with Crippen molar-refractivity contribution in [2.45, 2.75) is 27.1 Å². The monoisotopic (exact) mass is 282 g/mol. The lowest BCUT2D eigenvalue weighted by atomic mass is 10.2. The van der Waals surface area contributed by atoms with Gasteiger partial charge in [0.05, 0.1) is 18.0 Å². The van der Waals surface area contributed by atoms with Gasteiger partial charge in [-0.3, -0.25) is 4.57 Å². The van der Waals surface area contributed by atoms with Crippen molar-refractivity contribution in [1.29, 1.82) is 0 Å². The molecule has 6 heteroatoms. The maximum atomic E-state index is 5.71. The molecule has 0 spiro atoms. The van der Waals surface area contributed by atoms with E-state index in [4.69, 9.17) is 9.15 Å². The van der Waals surface area contributed by atoms with E-state index in [1.54, 1.807) is 0 Å².